The van der Waals surface area contributed by atoms with Crippen molar-refractivity contribution in [3.8, 4) is 0 Å². The Morgan fingerprint density at radius 1 is 1.40 bits per heavy atom. The minimum Gasteiger partial charge on any atom is -0.204 e. The third kappa shape index (κ3) is 2.57. The first-order valence-corrected chi connectivity index (χ1v) is 5.45. The molecule has 0 nitrogen and oxygen atoms in total. The molecule has 0 spiro atoms. The minimum absolute atomic E-state index is 0.0514. The molecule has 0 aliphatic carbocycles. The van der Waals surface area contributed by atoms with Gasteiger partial charge in [-0.3, -0.25) is 0 Å². The number of aryl methyl sites for hydroxylation is 1. The second kappa shape index (κ2) is 4.47. The molecule has 1 rings (SSSR count). The zero-order chi connectivity index (χ0) is 11.8. The molecule has 1 atom stereocenters. The fourth-order valence-electron chi connectivity index (χ4n) is 0.909. The summed E-state index contributed by atoms with van der Waals surface area (Å²) in [4.78, 5) is -0.0514. The molecule has 0 bridgehead atoms. The number of halogens is 6. The van der Waals surface area contributed by atoms with Gasteiger partial charge in [-0.15, -0.1) is 22.9 Å². The van der Waals surface area contributed by atoms with Crippen LogP contribution in [0.4, 0.5) is 17.6 Å². The van der Waals surface area contributed by atoms with Crippen LogP contribution in [0.3, 0.4) is 0 Å². The summed E-state index contributed by atoms with van der Waals surface area (Å²) >= 11 is 11.7. The maximum atomic E-state index is 12.8. The van der Waals surface area contributed by atoms with Crippen LogP contribution >= 0.6 is 34.5 Å². The minimum atomic E-state index is -4.25. The van der Waals surface area contributed by atoms with E-state index in [0.717, 1.165) is 11.3 Å². The molecule has 0 radical (unpaired) electrons. The van der Waals surface area contributed by atoms with Crippen LogP contribution in [0.25, 0.3) is 0 Å². The van der Waals surface area contributed by atoms with E-state index >= 15 is 0 Å². The van der Waals surface area contributed by atoms with Crippen molar-refractivity contribution in [3.05, 3.63) is 20.8 Å². The van der Waals surface area contributed by atoms with Gasteiger partial charge in [0.05, 0.1) is 4.34 Å². The lowest BCUT2D eigenvalue weighted by Gasteiger charge is -2.19. The maximum absolute atomic E-state index is 12.8. The third-order valence-electron chi connectivity index (χ3n) is 1.75. The van der Waals surface area contributed by atoms with Gasteiger partial charge in [0.1, 0.15) is 5.38 Å². The maximum Gasteiger partial charge on any atom is 0.328 e. The molecule has 0 saturated carbocycles. The summed E-state index contributed by atoms with van der Waals surface area (Å²) in [5, 5.41) is -2.05. The Morgan fingerprint density at radius 2 is 1.93 bits per heavy atom. The monoisotopic (exact) mass is 280 g/mol. The molecule has 15 heavy (non-hydrogen) atoms. The molecule has 1 heterocycles. The van der Waals surface area contributed by atoms with E-state index in [0.29, 0.717) is 5.56 Å². The Kier molecular flexibility index (Phi) is 3.90. The Hall–Kier alpha value is -0.0000000000000000555. The molecule has 0 fully saturated rings. The molecular formula is C8H6Cl2F4S. The lowest BCUT2D eigenvalue weighted by atomic mass is 10.2. The average Bonchev–Trinajstić information content (AvgIpc) is 2.45. The van der Waals surface area contributed by atoms with Crippen molar-refractivity contribution >= 4 is 34.5 Å². The van der Waals surface area contributed by atoms with Crippen LogP contribution in [-0.2, 0) is 0 Å². The number of alkyl halides is 5. The highest BCUT2D eigenvalue weighted by Crippen LogP contribution is 2.45. The van der Waals surface area contributed by atoms with E-state index in [2.05, 4.69) is 0 Å². The zero-order valence-electron chi connectivity index (χ0n) is 7.41. The van der Waals surface area contributed by atoms with Gasteiger partial charge in [-0.05, 0) is 18.6 Å². The smallest absolute Gasteiger partial charge is 0.204 e. The summed E-state index contributed by atoms with van der Waals surface area (Å²) in [5.41, 5.74) is 0.549. The van der Waals surface area contributed by atoms with Gasteiger partial charge in [-0.2, -0.15) is 8.78 Å². The first-order chi connectivity index (χ1) is 6.76. The van der Waals surface area contributed by atoms with Gasteiger partial charge in [0.2, 0.25) is 0 Å². The number of rotatable bonds is 3. The van der Waals surface area contributed by atoms with Gasteiger partial charge in [0, 0.05) is 4.88 Å². The number of hydrogen-bond donors (Lipinski definition) is 0. The summed E-state index contributed by atoms with van der Waals surface area (Å²) in [6.07, 6.45) is -3.79. The predicted molar refractivity (Wildman–Crippen MR) is 53.6 cm³/mol. The van der Waals surface area contributed by atoms with Crippen LogP contribution in [0.1, 0.15) is 15.8 Å². The van der Waals surface area contributed by atoms with Crippen LogP contribution in [0, 0.1) is 6.92 Å². The Morgan fingerprint density at radius 3 is 2.27 bits per heavy atom. The standard InChI is InChI=1S/C8H6Cl2F4S/c1-3-2-4(15-6(3)10)5(9)8(13,14)7(11)12/h2,5,7H,1H3. The molecule has 7 heteroatoms. The molecule has 86 valence electrons. The molecule has 0 aliphatic heterocycles. The van der Waals surface area contributed by atoms with Crippen LogP contribution in [0.5, 0.6) is 0 Å². The highest BCUT2D eigenvalue weighted by molar-refractivity contribution is 7.16. The Labute approximate surface area is 97.8 Å². The van der Waals surface area contributed by atoms with Crippen LogP contribution < -0.4 is 0 Å². The Balaban J connectivity index is 2.99. The first kappa shape index (κ1) is 13.1. The highest BCUT2D eigenvalue weighted by Gasteiger charge is 2.49. The SMILES string of the molecule is Cc1cc(C(Cl)C(F)(F)C(F)F)sc1Cl. The molecular weight excluding hydrogens is 275 g/mol. The molecule has 1 aromatic heterocycles. The molecule has 0 amide bonds. The lowest BCUT2D eigenvalue weighted by Crippen LogP contribution is -2.31. The second-order valence-electron chi connectivity index (χ2n) is 2.94. The molecule has 0 saturated heterocycles. The van der Waals surface area contributed by atoms with Crippen LogP contribution in [0.2, 0.25) is 4.34 Å². The van der Waals surface area contributed by atoms with Gasteiger partial charge >= 0.3 is 12.3 Å². The normalized spacial score (nSPS) is 14.7. The first-order valence-electron chi connectivity index (χ1n) is 3.82. The van der Waals surface area contributed by atoms with E-state index in [4.69, 9.17) is 23.2 Å². The van der Waals surface area contributed by atoms with Crippen molar-refractivity contribution in [1.29, 1.82) is 0 Å². The Bertz CT molecular complexity index is 331. The largest absolute Gasteiger partial charge is 0.328 e. The van der Waals surface area contributed by atoms with E-state index in [1.165, 1.54) is 6.07 Å². The van der Waals surface area contributed by atoms with Crippen molar-refractivity contribution in [3.63, 3.8) is 0 Å². The van der Waals surface area contributed by atoms with Crippen molar-refractivity contribution in [2.45, 2.75) is 24.6 Å². The molecule has 1 aromatic rings. The molecule has 1 unspecified atom stereocenters. The fourth-order valence-corrected chi connectivity index (χ4v) is 2.45. The van der Waals surface area contributed by atoms with E-state index in [-0.39, 0.29) is 9.21 Å². The molecule has 0 N–H and O–H groups in total. The van der Waals surface area contributed by atoms with Gasteiger partial charge in [0.15, 0.2) is 0 Å². The molecule has 0 aliphatic rings. The summed E-state index contributed by atoms with van der Waals surface area (Å²) in [5.74, 6) is -4.25. The van der Waals surface area contributed by atoms with Crippen molar-refractivity contribution < 1.29 is 17.6 Å². The summed E-state index contributed by atoms with van der Waals surface area (Å²) in [6.45, 7) is 1.59. The summed E-state index contributed by atoms with van der Waals surface area (Å²) in [6, 6.07) is 1.29. The molecule has 0 aromatic carbocycles. The van der Waals surface area contributed by atoms with E-state index in [1.54, 1.807) is 6.92 Å². The van der Waals surface area contributed by atoms with E-state index in [1.807, 2.05) is 0 Å². The van der Waals surface area contributed by atoms with E-state index in [9.17, 15) is 17.6 Å². The van der Waals surface area contributed by atoms with Gasteiger partial charge in [0.25, 0.3) is 0 Å². The quantitative estimate of drug-likeness (QED) is 0.546. The predicted octanol–water partition coefficient (Wildman–Crippen LogP) is 4.89. The number of thiophene rings is 1. The highest BCUT2D eigenvalue weighted by atomic mass is 35.5. The van der Waals surface area contributed by atoms with Crippen LogP contribution in [0.15, 0.2) is 6.07 Å². The van der Waals surface area contributed by atoms with Crippen molar-refractivity contribution in [2.24, 2.45) is 0 Å². The average molecular weight is 281 g/mol. The van der Waals surface area contributed by atoms with Crippen molar-refractivity contribution in [2.75, 3.05) is 0 Å². The topological polar surface area (TPSA) is 0 Å². The number of hydrogen-bond acceptors (Lipinski definition) is 1. The lowest BCUT2D eigenvalue weighted by molar-refractivity contribution is -0.130. The van der Waals surface area contributed by atoms with E-state index < -0.39 is 17.7 Å². The van der Waals surface area contributed by atoms with Gasteiger partial charge in [-0.1, -0.05) is 11.6 Å². The fraction of sp³-hybridized carbons (Fsp3) is 0.500. The van der Waals surface area contributed by atoms with Crippen molar-refractivity contribution in [1.82, 2.24) is 0 Å². The summed E-state index contributed by atoms with van der Waals surface area (Å²) < 4.78 is 50.0. The zero-order valence-corrected chi connectivity index (χ0v) is 9.74. The van der Waals surface area contributed by atoms with Crippen LogP contribution in [-0.4, -0.2) is 12.3 Å². The van der Waals surface area contributed by atoms with Gasteiger partial charge < -0.3 is 0 Å². The third-order valence-corrected chi connectivity index (χ3v) is 4.03. The second-order valence-corrected chi connectivity index (χ2v) is 5.07. The van der Waals surface area contributed by atoms with Gasteiger partial charge in [-0.25, -0.2) is 8.78 Å². The summed E-state index contributed by atoms with van der Waals surface area (Å²) in [7, 11) is 0.